The van der Waals surface area contributed by atoms with Crippen molar-refractivity contribution < 1.29 is 128 Å². The molecule has 0 radical (unpaired) electrons. The molecule has 2 aliphatic rings. The van der Waals surface area contributed by atoms with Crippen molar-refractivity contribution >= 4 is 11.9 Å². The number of hydrogen-bond donors (Lipinski definition) is 4. The summed E-state index contributed by atoms with van der Waals surface area (Å²) >= 11 is 0. The van der Waals surface area contributed by atoms with Crippen molar-refractivity contribution in [3.63, 3.8) is 0 Å². The number of carboxylic acids is 2. The van der Waals surface area contributed by atoms with Gasteiger partial charge in [0.05, 0.1) is 82.6 Å². The minimum Gasteiger partial charge on any atom is -0.548 e. The van der Waals surface area contributed by atoms with Gasteiger partial charge in [-0.05, 0) is 6.42 Å². The number of aliphatic carboxylic acids is 2. The Morgan fingerprint density at radius 3 is 1.53 bits per heavy atom. The van der Waals surface area contributed by atoms with Gasteiger partial charge < -0.3 is 68.6 Å². The summed E-state index contributed by atoms with van der Waals surface area (Å²) in [6.07, 6.45) is -8.15. The minimum atomic E-state index is -1.43. The summed E-state index contributed by atoms with van der Waals surface area (Å²) in [5, 5.41) is 63.4. The number of rotatable bonds is 15. The Bertz CT molecular complexity index is 688. The normalized spacial score (nSPS) is 35.1. The molecule has 0 spiro atoms. The molecule has 2 saturated heterocycles. The summed E-state index contributed by atoms with van der Waals surface area (Å²) in [5.41, 5.74) is 0. The van der Waals surface area contributed by atoms with Crippen LogP contribution in [0.25, 0.3) is 0 Å². The van der Waals surface area contributed by atoms with Gasteiger partial charge in [0.2, 0.25) is 0 Å². The molecule has 2 aliphatic heterocycles. The molecule has 14 nitrogen and oxygen atoms in total. The van der Waals surface area contributed by atoms with Crippen LogP contribution in [-0.2, 0) is 38.0 Å². The van der Waals surface area contributed by atoms with E-state index in [2.05, 4.69) is 0 Å². The van der Waals surface area contributed by atoms with Crippen molar-refractivity contribution in [1.82, 2.24) is 0 Å². The molecule has 16 heteroatoms. The number of methoxy groups -OCH3 is 1. The van der Waals surface area contributed by atoms with E-state index >= 15 is 0 Å². The molecule has 2 rings (SSSR count). The zero-order valence-electron chi connectivity index (χ0n) is 22.3. The van der Waals surface area contributed by atoms with Gasteiger partial charge in [0.1, 0.15) is 24.4 Å². The third-order valence-electron chi connectivity index (χ3n) is 6.39. The number of ether oxygens (including phenoxy) is 6. The summed E-state index contributed by atoms with van der Waals surface area (Å²) < 4.78 is 32.3. The van der Waals surface area contributed by atoms with E-state index in [1.54, 1.807) is 6.92 Å². The maximum Gasteiger partial charge on any atom is 1.00 e. The molecule has 0 aliphatic carbocycles. The average Bonchev–Trinajstić information content (AvgIpc) is 2.81. The van der Waals surface area contributed by atoms with Crippen molar-refractivity contribution in [2.24, 2.45) is 11.8 Å². The van der Waals surface area contributed by atoms with Crippen LogP contribution >= 0.6 is 0 Å². The average molecular weight is 570 g/mol. The van der Waals surface area contributed by atoms with Gasteiger partial charge in [-0.1, -0.05) is 6.92 Å². The van der Waals surface area contributed by atoms with Gasteiger partial charge in [0, 0.05) is 18.9 Å². The molecule has 10 unspecified atom stereocenters. The van der Waals surface area contributed by atoms with E-state index in [1.807, 2.05) is 0 Å². The Morgan fingerprint density at radius 2 is 1.08 bits per heavy atom. The molecular weight excluding hydrogens is 534 g/mol. The second-order valence-electron chi connectivity index (χ2n) is 8.89. The fourth-order valence-electron chi connectivity index (χ4n) is 4.51. The van der Waals surface area contributed by atoms with Crippen molar-refractivity contribution in [3.8, 4) is 0 Å². The summed E-state index contributed by atoms with van der Waals surface area (Å²) in [6.45, 7) is -0.382. The number of aliphatic hydroxyl groups excluding tert-OH is 4. The second kappa shape index (κ2) is 19.6. The number of carbonyl (C=O) groups is 2. The van der Waals surface area contributed by atoms with Crippen molar-refractivity contribution in [3.05, 3.63) is 0 Å². The summed E-state index contributed by atoms with van der Waals surface area (Å²) in [5.74, 6) is -4.19. The topological polar surface area (TPSA) is 217 Å². The first-order chi connectivity index (χ1) is 17.1. The molecule has 210 valence electrons. The summed E-state index contributed by atoms with van der Waals surface area (Å²) in [7, 11) is 1.39. The third-order valence-corrected chi connectivity index (χ3v) is 6.39. The largest absolute Gasteiger partial charge is 1.00 e. The van der Waals surface area contributed by atoms with Crippen LogP contribution in [0.1, 0.15) is 13.3 Å². The Balaban J connectivity index is 0.00000684. The van der Waals surface area contributed by atoms with Gasteiger partial charge in [0.15, 0.2) is 0 Å². The van der Waals surface area contributed by atoms with Gasteiger partial charge >= 0.3 is 59.1 Å². The first-order valence-electron chi connectivity index (χ1n) is 11.8. The van der Waals surface area contributed by atoms with Crippen molar-refractivity contribution in [2.75, 3.05) is 53.4 Å². The standard InChI is InChI=1S/C22H38O14.2Na/c1-3-11-13(6-33-9-17(23)24)35-16(22(30)19(11)27)8-32-4-12-14(7-34-10-18(25)26)36-15(5-31-2)21(29)20(12)28;;/h11-16,19-22,27-30H,3-10H2,1-2H3,(H,23,24)(H,25,26);;/q;2*+1/p-2. The minimum absolute atomic E-state index is 0. The number of carbonyl (C=O) groups excluding carboxylic acids is 2. The first kappa shape index (κ1) is 38.5. The van der Waals surface area contributed by atoms with Crippen LogP contribution in [0.5, 0.6) is 0 Å². The van der Waals surface area contributed by atoms with Crippen molar-refractivity contribution in [2.45, 2.75) is 62.2 Å². The van der Waals surface area contributed by atoms with Crippen LogP contribution in [-0.4, -0.2) is 135 Å². The predicted molar refractivity (Wildman–Crippen MR) is 113 cm³/mol. The van der Waals surface area contributed by atoms with Crippen LogP contribution in [0, 0.1) is 11.8 Å². The fraction of sp³-hybridized carbons (Fsp3) is 0.909. The molecule has 38 heavy (non-hydrogen) atoms. The van der Waals surface area contributed by atoms with Crippen LogP contribution in [0.2, 0.25) is 0 Å². The molecule has 0 aromatic rings. The van der Waals surface area contributed by atoms with Gasteiger partial charge in [-0.25, -0.2) is 0 Å². The zero-order chi connectivity index (χ0) is 26.8. The molecule has 0 aromatic carbocycles. The molecule has 2 heterocycles. The van der Waals surface area contributed by atoms with Crippen LogP contribution in [0.4, 0.5) is 0 Å². The van der Waals surface area contributed by atoms with E-state index in [4.69, 9.17) is 28.4 Å². The fourth-order valence-corrected chi connectivity index (χ4v) is 4.51. The maximum atomic E-state index is 10.7. The molecule has 4 N–H and O–H groups in total. The van der Waals surface area contributed by atoms with Gasteiger partial charge in [-0.15, -0.1) is 0 Å². The van der Waals surface area contributed by atoms with Crippen LogP contribution in [0.15, 0.2) is 0 Å². The van der Waals surface area contributed by atoms with Gasteiger partial charge in [-0.2, -0.15) is 0 Å². The van der Waals surface area contributed by atoms with Crippen molar-refractivity contribution in [1.29, 1.82) is 0 Å². The second-order valence-corrected chi connectivity index (χ2v) is 8.89. The maximum absolute atomic E-state index is 10.7. The number of hydrogen-bond acceptors (Lipinski definition) is 14. The van der Waals surface area contributed by atoms with E-state index in [-0.39, 0.29) is 92.1 Å². The molecule has 0 aromatic heterocycles. The van der Waals surface area contributed by atoms with E-state index in [0.29, 0.717) is 6.42 Å². The molecular formula is C22H36Na2O14. The molecule has 0 amide bonds. The quantitative estimate of drug-likeness (QED) is 0.135. The Hall–Kier alpha value is 0.540. The molecule has 0 saturated carbocycles. The number of carboxylic acid groups (broad SMARTS) is 2. The summed E-state index contributed by atoms with van der Waals surface area (Å²) in [6, 6.07) is 0. The Morgan fingerprint density at radius 1 is 0.658 bits per heavy atom. The van der Waals surface area contributed by atoms with E-state index < -0.39 is 85.8 Å². The predicted octanol–water partition coefficient (Wildman–Crippen LogP) is -11.2. The van der Waals surface area contributed by atoms with E-state index in [1.165, 1.54) is 7.11 Å². The third kappa shape index (κ3) is 11.4. The zero-order valence-corrected chi connectivity index (χ0v) is 26.3. The molecule has 10 atom stereocenters. The smallest absolute Gasteiger partial charge is 0.548 e. The van der Waals surface area contributed by atoms with E-state index in [9.17, 15) is 40.2 Å². The molecule has 0 bridgehead atoms. The Labute approximate surface area is 265 Å². The van der Waals surface area contributed by atoms with Crippen LogP contribution in [0.3, 0.4) is 0 Å². The van der Waals surface area contributed by atoms with E-state index in [0.717, 1.165) is 0 Å². The van der Waals surface area contributed by atoms with Crippen LogP contribution < -0.4 is 69.3 Å². The number of aliphatic hydroxyl groups is 4. The van der Waals surface area contributed by atoms with Gasteiger partial charge in [0.25, 0.3) is 0 Å². The first-order valence-corrected chi connectivity index (χ1v) is 11.8. The summed E-state index contributed by atoms with van der Waals surface area (Å²) in [4.78, 5) is 21.3. The van der Waals surface area contributed by atoms with Gasteiger partial charge in [-0.3, -0.25) is 0 Å². The molecule has 2 fully saturated rings. The SMILES string of the molecule is CCC1C(COCC(=O)[O-])OC(COCC2C(COCC(=O)[O-])OC(COC)C(O)C2O)C(O)C1O.[Na+].[Na+]. The Kier molecular flexibility index (Phi) is 19.9. The monoisotopic (exact) mass is 570 g/mol.